The number of carbonyl (C=O) groups is 1. The molecule has 1 aromatic heterocycles. The van der Waals surface area contributed by atoms with E-state index in [9.17, 15) is 13.2 Å². The van der Waals surface area contributed by atoms with E-state index in [0.717, 1.165) is 60.2 Å². The lowest BCUT2D eigenvalue weighted by Crippen LogP contribution is -2.42. The highest BCUT2D eigenvalue weighted by Crippen LogP contribution is 2.44. The molecule has 2 aliphatic rings. The van der Waals surface area contributed by atoms with E-state index in [4.69, 9.17) is 9.47 Å². The van der Waals surface area contributed by atoms with Gasteiger partial charge in [0.05, 0.1) is 37.4 Å². The monoisotopic (exact) mass is 447 g/mol. The Labute approximate surface area is 183 Å². The molecule has 0 spiro atoms. The lowest BCUT2D eigenvalue weighted by Gasteiger charge is -2.37. The number of fused-ring (bicyclic) bond motifs is 1. The summed E-state index contributed by atoms with van der Waals surface area (Å²) in [6.45, 7) is 2.32. The molecule has 0 saturated heterocycles. The van der Waals surface area contributed by atoms with Crippen LogP contribution in [0.2, 0.25) is 0 Å². The first kappa shape index (κ1) is 21.7. The summed E-state index contributed by atoms with van der Waals surface area (Å²) in [4.78, 5) is 14.2. The predicted molar refractivity (Wildman–Crippen MR) is 118 cm³/mol. The third-order valence-electron chi connectivity index (χ3n) is 6.09. The lowest BCUT2D eigenvalue weighted by molar-refractivity contribution is 0.119. The second kappa shape index (κ2) is 8.53. The molecule has 0 bridgehead atoms. The standard InChI is InChI=1S/C22H29N3O5S/c1-15-7-8-19-20(25(15)22(26)29-2)10-9-18(21(19)30-17-5-4-6-17)16-13-23-24(14-16)11-12-31(3,27)28/h9-10,13-15,17H,4-8,11-12H2,1-3H3/t15-/m0/s1. The first-order valence-electron chi connectivity index (χ1n) is 10.7. The topological polar surface area (TPSA) is 90.7 Å². The second-order valence-electron chi connectivity index (χ2n) is 8.46. The third kappa shape index (κ3) is 4.56. The number of methoxy groups -OCH3 is 1. The van der Waals surface area contributed by atoms with Crippen molar-refractivity contribution in [3.63, 3.8) is 0 Å². The van der Waals surface area contributed by atoms with Crippen LogP contribution in [0.15, 0.2) is 24.5 Å². The minimum Gasteiger partial charge on any atom is -0.489 e. The van der Waals surface area contributed by atoms with Gasteiger partial charge in [-0.25, -0.2) is 13.2 Å². The molecule has 31 heavy (non-hydrogen) atoms. The first-order valence-corrected chi connectivity index (χ1v) is 12.7. The Kier molecular flexibility index (Phi) is 5.96. The molecule has 0 N–H and O–H groups in total. The average molecular weight is 448 g/mol. The smallest absolute Gasteiger partial charge is 0.414 e. The fourth-order valence-electron chi connectivity index (χ4n) is 4.08. The van der Waals surface area contributed by atoms with Gasteiger partial charge in [0.1, 0.15) is 15.6 Å². The number of aromatic nitrogens is 2. The molecular weight excluding hydrogens is 418 g/mol. The quantitative estimate of drug-likeness (QED) is 0.674. The number of aryl methyl sites for hydroxylation is 1. The molecule has 9 heteroatoms. The Hall–Kier alpha value is -2.55. The highest BCUT2D eigenvalue weighted by Gasteiger charge is 2.33. The van der Waals surface area contributed by atoms with E-state index in [1.54, 1.807) is 15.8 Å². The molecule has 1 fully saturated rings. The number of nitrogens with zero attached hydrogens (tertiary/aromatic N) is 3. The summed E-state index contributed by atoms with van der Waals surface area (Å²) in [7, 11) is -1.67. The van der Waals surface area contributed by atoms with Crippen molar-refractivity contribution < 1.29 is 22.7 Å². The number of sulfone groups is 1. The SMILES string of the molecule is COC(=O)N1c2ccc(-c3cnn(CCS(C)(=O)=O)c3)c(OC3CCC3)c2CC[C@@H]1C. The summed E-state index contributed by atoms with van der Waals surface area (Å²) >= 11 is 0. The van der Waals surface area contributed by atoms with E-state index < -0.39 is 9.84 Å². The molecule has 1 aliphatic heterocycles. The maximum absolute atomic E-state index is 12.5. The Bertz CT molecular complexity index is 1070. The van der Waals surface area contributed by atoms with Crippen molar-refractivity contribution in [3.05, 3.63) is 30.1 Å². The zero-order chi connectivity index (χ0) is 22.2. The molecule has 1 amide bonds. The van der Waals surface area contributed by atoms with E-state index in [1.165, 1.54) is 13.4 Å². The molecule has 1 aliphatic carbocycles. The third-order valence-corrected chi connectivity index (χ3v) is 7.02. The summed E-state index contributed by atoms with van der Waals surface area (Å²) in [6.07, 6.45) is 9.44. The molecule has 0 unspecified atom stereocenters. The van der Waals surface area contributed by atoms with Crippen LogP contribution in [0.25, 0.3) is 11.1 Å². The normalized spacial score (nSPS) is 18.9. The zero-order valence-electron chi connectivity index (χ0n) is 18.2. The van der Waals surface area contributed by atoms with Crippen molar-refractivity contribution >= 4 is 21.6 Å². The summed E-state index contributed by atoms with van der Waals surface area (Å²) in [6, 6.07) is 3.94. The Morgan fingerprint density at radius 2 is 2.03 bits per heavy atom. The molecule has 168 valence electrons. The zero-order valence-corrected chi connectivity index (χ0v) is 19.0. The van der Waals surface area contributed by atoms with Crippen molar-refractivity contribution in [1.29, 1.82) is 0 Å². The lowest BCUT2D eigenvalue weighted by atomic mass is 9.91. The van der Waals surface area contributed by atoms with Crippen LogP contribution in [0.4, 0.5) is 10.5 Å². The number of carbonyl (C=O) groups excluding carboxylic acids is 1. The van der Waals surface area contributed by atoms with E-state index in [2.05, 4.69) is 5.10 Å². The van der Waals surface area contributed by atoms with Gasteiger partial charge in [-0.15, -0.1) is 0 Å². The summed E-state index contributed by atoms with van der Waals surface area (Å²) in [5.41, 5.74) is 3.62. The van der Waals surface area contributed by atoms with Gasteiger partial charge in [-0.05, 0) is 51.2 Å². The highest BCUT2D eigenvalue weighted by molar-refractivity contribution is 7.90. The first-order chi connectivity index (χ1) is 14.8. The number of anilines is 1. The van der Waals surface area contributed by atoms with E-state index >= 15 is 0 Å². The average Bonchev–Trinajstić information content (AvgIpc) is 3.16. The van der Waals surface area contributed by atoms with Crippen molar-refractivity contribution in [2.24, 2.45) is 0 Å². The van der Waals surface area contributed by atoms with Crippen LogP contribution >= 0.6 is 0 Å². The molecule has 0 radical (unpaired) electrons. The van der Waals surface area contributed by atoms with Crippen molar-refractivity contribution in [1.82, 2.24) is 9.78 Å². The van der Waals surface area contributed by atoms with Gasteiger partial charge >= 0.3 is 6.09 Å². The molecule has 8 nitrogen and oxygen atoms in total. The maximum atomic E-state index is 12.5. The van der Waals surface area contributed by atoms with Crippen LogP contribution in [-0.4, -0.2) is 55.6 Å². The van der Waals surface area contributed by atoms with Gasteiger partial charge in [0, 0.05) is 35.2 Å². The number of benzene rings is 1. The van der Waals surface area contributed by atoms with Crippen LogP contribution in [0.1, 0.15) is 38.2 Å². The van der Waals surface area contributed by atoms with Gasteiger partial charge in [-0.1, -0.05) is 0 Å². The number of hydrogen-bond donors (Lipinski definition) is 0. The Morgan fingerprint density at radius 1 is 1.26 bits per heavy atom. The molecule has 4 rings (SSSR count). The highest BCUT2D eigenvalue weighted by atomic mass is 32.2. The van der Waals surface area contributed by atoms with Gasteiger partial charge in [0.15, 0.2) is 0 Å². The van der Waals surface area contributed by atoms with E-state index in [0.29, 0.717) is 6.54 Å². The fourth-order valence-corrected chi connectivity index (χ4v) is 4.60. The Morgan fingerprint density at radius 3 is 2.68 bits per heavy atom. The summed E-state index contributed by atoms with van der Waals surface area (Å²) < 4.78 is 36.1. The van der Waals surface area contributed by atoms with Gasteiger partial charge in [0.25, 0.3) is 0 Å². The predicted octanol–water partition coefficient (Wildman–Crippen LogP) is 3.43. The fraction of sp³-hybridized carbons (Fsp3) is 0.545. The van der Waals surface area contributed by atoms with Crippen molar-refractivity contribution in [3.8, 4) is 16.9 Å². The van der Waals surface area contributed by atoms with Gasteiger partial charge in [-0.3, -0.25) is 9.58 Å². The number of rotatable bonds is 6. The van der Waals surface area contributed by atoms with Gasteiger partial charge in [0.2, 0.25) is 0 Å². The minimum atomic E-state index is -3.07. The molecule has 2 heterocycles. The molecular formula is C22H29N3O5S. The van der Waals surface area contributed by atoms with Crippen molar-refractivity contribution in [2.45, 2.75) is 57.7 Å². The van der Waals surface area contributed by atoms with E-state index in [1.807, 2.05) is 25.3 Å². The van der Waals surface area contributed by atoms with E-state index in [-0.39, 0.29) is 24.0 Å². The second-order valence-corrected chi connectivity index (χ2v) is 10.7. The van der Waals surface area contributed by atoms with Crippen LogP contribution in [-0.2, 0) is 27.5 Å². The van der Waals surface area contributed by atoms with Crippen LogP contribution in [0, 0.1) is 0 Å². The largest absolute Gasteiger partial charge is 0.489 e. The Balaban J connectivity index is 1.73. The number of ether oxygens (including phenoxy) is 2. The van der Waals surface area contributed by atoms with Crippen LogP contribution in [0.5, 0.6) is 5.75 Å². The number of amides is 1. The number of hydrogen-bond acceptors (Lipinski definition) is 6. The maximum Gasteiger partial charge on any atom is 0.414 e. The summed E-state index contributed by atoms with van der Waals surface area (Å²) in [5.74, 6) is 0.834. The molecule has 1 saturated carbocycles. The molecule has 1 atom stereocenters. The molecule has 2 aromatic rings. The van der Waals surface area contributed by atoms with Gasteiger partial charge < -0.3 is 9.47 Å². The van der Waals surface area contributed by atoms with Crippen LogP contribution < -0.4 is 9.64 Å². The van der Waals surface area contributed by atoms with Gasteiger partial charge in [-0.2, -0.15) is 5.10 Å². The van der Waals surface area contributed by atoms with Crippen molar-refractivity contribution in [2.75, 3.05) is 24.0 Å². The van der Waals surface area contributed by atoms with Crippen LogP contribution in [0.3, 0.4) is 0 Å². The molecule has 1 aromatic carbocycles. The minimum absolute atomic E-state index is 0.0374. The summed E-state index contributed by atoms with van der Waals surface area (Å²) in [5, 5.41) is 4.34.